The van der Waals surface area contributed by atoms with Gasteiger partial charge in [-0.05, 0) is 33.8 Å². The van der Waals surface area contributed by atoms with Crippen LogP contribution in [-0.2, 0) is 10.2 Å². The van der Waals surface area contributed by atoms with Crippen LogP contribution in [0.15, 0.2) is 23.1 Å². The number of carboxylic acid groups (broad SMARTS) is 1. The second kappa shape index (κ2) is 4.12. The summed E-state index contributed by atoms with van der Waals surface area (Å²) in [7, 11) is 0. The topological polar surface area (TPSA) is 59.3 Å². The summed E-state index contributed by atoms with van der Waals surface area (Å²) in [5, 5.41) is 9.10. The van der Waals surface area contributed by atoms with Crippen LogP contribution in [-0.4, -0.2) is 15.6 Å². The molecule has 1 N–H and O–H groups in total. The highest BCUT2D eigenvalue weighted by Gasteiger charge is 2.32. The Morgan fingerprint density at radius 2 is 2.00 bits per heavy atom. The number of nitrogens with zero attached hydrogens (tertiary/aromatic N) is 1. The smallest absolute Gasteiger partial charge is 0.313 e. The van der Waals surface area contributed by atoms with Gasteiger partial charge in [-0.3, -0.25) is 9.59 Å². The van der Waals surface area contributed by atoms with Crippen LogP contribution in [0.1, 0.15) is 39.3 Å². The minimum atomic E-state index is -1.16. The molecule has 1 aromatic rings. The SMILES string of the molecule is CC(C)n1cccc(C(C)(C)C(=O)O)c1=O. The van der Waals surface area contributed by atoms with E-state index < -0.39 is 11.4 Å². The fraction of sp³-hybridized carbons (Fsp3) is 0.500. The lowest BCUT2D eigenvalue weighted by molar-refractivity contribution is -0.142. The first-order valence-corrected chi connectivity index (χ1v) is 5.23. The van der Waals surface area contributed by atoms with E-state index in [9.17, 15) is 9.59 Å². The molecule has 16 heavy (non-hydrogen) atoms. The Morgan fingerprint density at radius 1 is 1.44 bits per heavy atom. The Balaban J connectivity index is 3.43. The van der Waals surface area contributed by atoms with Crippen LogP contribution >= 0.6 is 0 Å². The summed E-state index contributed by atoms with van der Waals surface area (Å²) < 4.78 is 1.54. The molecular formula is C12H17NO3. The summed E-state index contributed by atoms with van der Waals surface area (Å²) in [4.78, 5) is 23.2. The number of hydrogen-bond acceptors (Lipinski definition) is 2. The maximum Gasteiger partial charge on any atom is 0.313 e. The van der Waals surface area contributed by atoms with Gasteiger partial charge >= 0.3 is 5.97 Å². The van der Waals surface area contributed by atoms with E-state index in [1.807, 2.05) is 13.8 Å². The average molecular weight is 223 g/mol. The van der Waals surface area contributed by atoms with Gasteiger partial charge in [0.05, 0.1) is 5.41 Å². The van der Waals surface area contributed by atoms with E-state index in [-0.39, 0.29) is 11.6 Å². The van der Waals surface area contributed by atoms with E-state index in [1.165, 1.54) is 13.8 Å². The third-order valence-corrected chi connectivity index (χ3v) is 2.74. The van der Waals surface area contributed by atoms with Gasteiger partial charge in [-0.25, -0.2) is 0 Å². The van der Waals surface area contributed by atoms with Crippen molar-refractivity contribution >= 4 is 5.97 Å². The second-order valence-corrected chi connectivity index (χ2v) is 4.66. The van der Waals surface area contributed by atoms with Crippen molar-refractivity contribution in [3.8, 4) is 0 Å². The first kappa shape index (κ1) is 12.5. The molecule has 0 fully saturated rings. The van der Waals surface area contributed by atoms with Crippen LogP contribution in [0, 0.1) is 0 Å². The summed E-state index contributed by atoms with van der Waals surface area (Å²) in [5.41, 5.74) is -1.07. The number of hydrogen-bond donors (Lipinski definition) is 1. The third-order valence-electron chi connectivity index (χ3n) is 2.74. The van der Waals surface area contributed by atoms with Gasteiger partial charge in [-0.2, -0.15) is 0 Å². The van der Waals surface area contributed by atoms with Crippen molar-refractivity contribution in [1.29, 1.82) is 0 Å². The van der Waals surface area contributed by atoms with Crippen molar-refractivity contribution in [2.24, 2.45) is 0 Å². The average Bonchev–Trinajstić information content (AvgIpc) is 2.16. The molecule has 0 aliphatic carbocycles. The van der Waals surface area contributed by atoms with Crippen LogP contribution in [0.5, 0.6) is 0 Å². The molecule has 1 aromatic heterocycles. The normalized spacial score (nSPS) is 11.8. The zero-order chi connectivity index (χ0) is 12.5. The molecule has 1 heterocycles. The van der Waals surface area contributed by atoms with Crippen LogP contribution in [0.2, 0.25) is 0 Å². The largest absolute Gasteiger partial charge is 0.481 e. The molecule has 0 saturated carbocycles. The molecule has 4 nitrogen and oxygen atoms in total. The molecule has 0 saturated heterocycles. The lowest BCUT2D eigenvalue weighted by atomic mass is 9.85. The van der Waals surface area contributed by atoms with Gasteiger partial charge in [0.2, 0.25) is 0 Å². The summed E-state index contributed by atoms with van der Waals surface area (Å²) >= 11 is 0. The third kappa shape index (κ3) is 2.01. The molecule has 4 heteroatoms. The molecule has 0 spiro atoms. The Morgan fingerprint density at radius 3 is 2.44 bits per heavy atom. The predicted octanol–water partition coefficient (Wildman–Crippen LogP) is 1.79. The van der Waals surface area contributed by atoms with Gasteiger partial charge in [-0.1, -0.05) is 6.07 Å². The molecule has 0 atom stereocenters. The summed E-state index contributed by atoms with van der Waals surface area (Å²) in [6.45, 7) is 6.85. The second-order valence-electron chi connectivity index (χ2n) is 4.66. The summed E-state index contributed by atoms with van der Waals surface area (Å²) in [6.07, 6.45) is 1.68. The van der Waals surface area contributed by atoms with Crippen molar-refractivity contribution in [3.05, 3.63) is 34.2 Å². The van der Waals surface area contributed by atoms with Crippen LogP contribution in [0.25, 0.3) is 0 Å². The fourth-order valence-electron chi connectivity index (χ4n) is 1.51. The van der Waals surface area contributed by atoms with E-state index in [1.54, 1.807) is 22.9 Å². The van der Waals surface area contributed by atoms with Crippen LogP contribution in [0.3, 0.4) is 0 Å². The Labute approximate surface area is 94.5 Å². The number of aromatic nitrogens is 1. The number of carbonyl (C=O) groups is 1. The van der Waals surface area contributed by atoms with E-state index >= 15 is 0 Å². The van der Waals surface area contributed by atoms with E-state index in [0.29, 0.717) is 5.56 Å². The highest BCUT2D eigenvalue weighted by Crippen LogP contribution is 2.20. The van der Waals surface area contributed by atoms with Gasteiger partial charge in [-0.15, -0.1) is 0 Å². The standard InChI is InChI=1S/C12H17NO3/c1-8(2)13-7-5-6-9(10(13)14)12(3,4)11(15)16/h5-8H,1-4H3,(H,15,16). The Bertz CT molecular complexity index is 458. The zero-order valence-corrected chi connectivity index (χ0v) is 10.0. The van der Waals surface area contributed by atoms with Crippen molar-refractivity contribution in [2.75, 3.05) is 0 Å². The van der Waals surface area contributed by atoms with E-state index in [2.05, 4.69) is 0 Å². The van der Waals surface area contributed by atoms with Gasteiger partial charge < -0.3 is 9.67 Å². The quantitative estimate of drug-likeness (QED) is 0.849. The first-order chi connectivity index (χ1) is 7.28. The molecule has 0 aromatic carbocycles. The molecule has 88 valence electrons. The maximum absolute atomic E-state index is 12.1. The predicted molar refractivity (Wildman–Crippen MR) is 61.7 cm³/mol. The Kier molecular flexibility index (Phi) is 3.21. The number of pyridine rings is 1. The maximum atomic E-state index is 12.1. The highest BCUT2D eigenvalue weighted by molar-refractivity contribution is 5.80. The Hall–Kier alpha value is -1.58. The minimum absolute atomic E-state index is 0.0250. The number of rotatable bonds is 3. The van der Waals surface area contributed by atoms with Gasteiger partial charge in [0.15, 0.2) is 0 Å². The van der Waals surface area contributed by atoms with Crippen molar-refractivity contribution in [3.63, 3.8) is 0 Å². The van der Waals surface area contributed by atoms with Crippen molar-refractivity contribution in [2.45, 2.75) is 39.2 Å². The monoisotopic (exact) mass is 223 g/mol. The van der Waals surface area contributed by atoms with Gasteiger partial charge in [0.1, 0.15) is 0 Å². The lowest BCUT2D eigenvalue weighted by Gasteiger charge is -2.20. The first-order valence-electron chi connectivity index (χ1n) is 5.23. The van der Waals surface area contributed by atoms with Crippen LogP contribution < -0.4 is 5.56 Å². The van der Waals surface area contributed by atoms with E-state index in [4.69, 9.17) is 5.11 Å². The van der Waals surface area contributed by atoms with E-state index in [0.717, 1.165) is 0 Å². The molecule has 0 aliphatic heterocycles. The number of carboxylic acids is 1. The number of aliphatic carboxylic acids is 1. The summed E-state index contributed by atoms with van der Waals surface area (Å²) in [6, 6.07) is 3.31. The molecular weight excluding hydrogens is 206 g/mol. The zero-order valence-electron chi connectivity index (χ0n) is 10.0. The lowest BCUT2D eigenvalue weighted by Crippen LogP contribution is -2.37. The molecule has 0 radical (unpaired) electrons. The van der Waals surface area contributed by atoms with Crippen molar-refractivity contribution < 1.29 is 9.90 Å². The van der Waals surface area contributed by atoms with Crippen molar-refractivity contribution in [1.82, 2.24) is 4.57 Å². The van der Waals surface area contributed by atoms with Gasteiger partial charge in [0, 0.05) is 17.8 Å². The molecule has 0 bridgehead atoms. The molecule has 0 amide bonds. The fourth-order valence-corrected chi connectivity index (χ4v) is 1.51. The minimum Gasteiger partial charge on any atom is -0.481 e. The van der Waals surface area contributed by atoms with Crippen LogP contribution in [0.4, 0.5) is 0 Å². The molecule has 0 aliphatic rings. The highest BCUT2D eigenvalue weighted by atomic mass is 16.4. The molecule has 0 unspecified atom stereocenters. The molecule has 1 rings (SSSR count). The summed E-state index contributed by atoms with van der Waals surface area (Å²) in [5.74, 6) is -0.994. The van der Waals surface area contributed by atoms with Gasteiger partial charge in [0.25, 0.3) is 5.56 Å².